The average Bonchev–Trinajstić information content (AvgIpc) is 3.15. The van der Waals surface area contributed by atoms with Crippen LogP contribution in [0.15, 0.2) is 41.3 Å². The molecule has 114 valence electrons. The monoisotopic (exact) mass is 298 g/mol. The van der Waals surface area contributed by atoms with Crippen molar-refractivity contribution in [3.8, 4) is 0 Å². The van der Waals surface area contributed by atoms with Crippen molar-refractivity contribution in [3.63, 3.8) is 0 Å². The Morgan fingerprint density at radius 2 is 2.27 bits per heavy atom. The maximum atomic E-state index is 12.1. The van der Waals surface area contributed by atoms with Crippen LogP contribution in [-0.2, 0) is 6.42 Å². The first kappa shape index (κ1) is 14.3. The minimum Gasteiger partial charge on any atom is -0.469 e. The predicted molar refractivity (Wildman–Crippen MR) is 82.7 cm³/mol. The molecule has 0 saturated heterocycles. The number of furan rings is 1. The number of pyridine rings is 1. The maximum absolute atomic E-state index is 12.1. The van der Waals surface area contributed by atoms with Crippen LogP contribution in [0.5, 0.6) is 0 Å². The topological polar surface area (TPSA) is 73.0 Å². The Morgan fingerprint density at radius 1 is 1.41 bits per heavy atom. The van der Waals surface area contributed by atoms with Gasteiger partial charge in [-0.3, -0.25) is 4.79 Å². The average molecular weight is 298 g/mol. The van der Waals surface area contributed by atoms with E-state index in [1.54, 1.807) is 18.7 Å². The molecule has 0 aliphatic heterocycles. The second kappa shape index (κ2) is 6.01. The molecule has 1 amide bonds. The van der Waals surface area contributed by atoms with Gasteiger partial charge in [0.05, 0.1) is 18.0 Å². The molecule has 6 nitrogen and oxygen atoms in total. The molecule has 6 heteroatoms. The molecule has 3 heterocycles. The molecule has 0 atom stereocenters. The Kier molecular flexibility index (Phi) is 3.91. The third-order valence-corrected chi connectivity index (χ3v) is 3.42. The van der Waals surface area contributed by atoms with Crippen LogP contribution in [-0.4, -0.2) is 27.2 Å². The van der Waals surface area contributed by atoms with Crippen molar-refractivity contribution >= 4 is 16.9 Å². The van der Waals surface area contributed by atoms with Gasteiger partial charge in [-0.15, -0.1) is 0 Å². The third kappa shape index (κ3) is 2.86. The van der Waals surface area contributed by atoms with Crippen molar-refractivity contribution in [2.75, 3.05) is 6.54 Å². The lowest BCUT2D eigenvalue weighted by atomic mass is 10.2. The normalized spacial score (nSPS) is 11.2. The molecule has 1 N–H and O–H groups in total. The number of nitrogens with one attached hydrogen (secondary N) is 1. The number of hydrogen-bond donors (Lipinski definition) is 1. The van der Waals surface area contributed by atoms with Crippen LogP contribution in [0.1, 0.15) is 36.0 Å². The lowest BCUT2D eigenvalue weighted by Gasteiger charge is -2.07. The van der Waals surface area contributed by atoms with E-state index in [0.29, 0.717) is 18.5 Å². The number of amides is 1. The molecule has 0 unspecified atom stereocenters. The second-order valence-electron chi connectivity index (χ2n) is 5.40. The molecule has 3 aromatic heterocycles. The largest absolute Gasteiger partial charge is 0.469 e. The van der Waals surface area contributed by atoms with Gasteiger partial charge in [-0.1, -0.05) is 0 Å². The Bertz CT molecular complexity index is 775. The highest BCUT2D eigenvalue weighted by atomic mass is 16.3. The first-order valence-electron chi connectivity index (χ1n) is 7.29. The van der Waals surface area contributed by atoms with E-state index in [0.717, 1.165) is 16.8 Å². The summed E-state index contributed by atoms with van der Waals surface area (Å²) in [5.74, 6) is 0.713. The quantitative estimate of drug-likeness (QED) is 0.785. The van der Waals surface area contributed by atoms with E-state index in [9.17, 15) is 4.79 Å². The molecule has 3 aromatic rings. The summed E-state index contributed by atoms with van der Waals surface area (Å²) in [6.07, 6.45) is 5.62. The van der Waals surface area contributed by atoms with Gasteiger partial charge in [0.2, 0.25) is 0 Å². The first-order chi connectivity index (χ1) is 10.6. The highest BCUT2D eigenvalue weighted by molar-refractivity contribution is 5.96. The smallest absolute Gasteiger partial charge is 0.252 e. The van der Waals surface area contributed by atoms with E-state index >= 15 is 0 Å². The number of aromatic nitrogens is 3. The number of hydrogen-bond acceptors (Lipinski definition) is 4. The molecule has 0 aromatic carbocycles. The molecular formula is C16H18N4O2. The van der Waals surface area contributed by atoms with E-state index < -0.39 is 0 Å². The summed E-state index contributed by atoms with van der Waals surface area (Å²) in [7, 11) is 0. The zero-order chi connectivity index (χ0) is 15.5. The molecule has 0 spiro atoms. The molecule has 0 fully saturated rings. The van der Waals surface area contributed by atoms with Crippen molar-refractivity contribution < 1.29 is 9.21 Å². The van der Waals surface area contributed by atoms with Gasteiger partial charge in [-0.05, 0) is 32.0 Å². The van der Waals surface area contributed by atoms with Gasteiger partial charge in [-0.25, -0.2) is 9.67 Å². The van der Waals surface area contributed by atoms with Crippen LogP contribution >= 0.6 is 0 Å². The van der Waals surface area contributed by atoms with Gasteiger partial charge in [0.15, 0.2) is 5.65 Å². The van der Waals surface area contributed by atoms with E-state index in [1.165, 1.54) is 0 Å². The highest BCUT2D eigenvalue weighted by Gasteiger charge is 2.11. The van der Waals surface area contributed by atoms with Crippen LogP contribution in [0.25, 0.3) is 11.0 Å². The Balaban J connectivity index is 1.68. The van der Waals surface area contributed by atoms with E-state index in [2.05, 4.69) is 15.4 Å². The fourth-order valence-electron chi connectivity index (χ4n) is 2.30. The lowest BCUT2D eigenvalue weighted by Crippen LogP contribution is -2.25. The number of nitrogens with zero attached hydrogens (tertiary/aromatic N) is 3. The van der Waals surface area contributed by atoms with Crippen LogP contribution in [0.2, 0.25) is 0 Å². The standard InChI is InChI=1S/C16H18N4O2/c1-11(2)20-15-12(10-19-20)8-13(9-18-15)16(21)17-6-5-14-4-3-7-22-14/h3-4,7-11H,5-6H2,1-2H3,(H,17,21). The van der Waals surface area contributed by atoms with Gasteiger partial charge >= 0.3 is 0 Å². The van der Waals surface area contributed by atoms with Crippen LogP contribution in [0.3, 0.4) is 0 Å². The Morgan fingerprint density at radius 3 is 3.00 bits per heavy atom. The van der Waals surface area contributed by atoms with Crippen LogP contribution in [0, 0.1) is 0 Å². The molecular weight excluding hydrogens is 280 g/mol. The Hall–Kier alpha value is -2.63. The lowest BCUT2D eigenvalue weighted by molar-refractivity contribution is 0.0953. The molecule has 0 aliphatic rings. The molecule has 0 radical (unpaired) electrons. The van der Waals surface area contributed by atoms with Crippen molar-refractivity contribution in [1.29, 1.82) is 0 Å². The van der Waals surface area contributed by atoms with E-state index in [-0.39, 0.29) is 11.9 Å². The SMILES string of the molecule is CC(C)n1ncc2cc(C(=O)NCCc3ccco3)cnc21. The third-order valence-electron chi connectivity index (χ3n) is 3.42. The summed E-state index contributed by atoms with van der Waals surface area (Å²) in [5, 5.41) is 8.03. The van der Waals surface area contributed by atoms with E-state index in [4.69, 9.17) is 4.42 Å². The number of carbonyl (C=O) groups is 1. The van der Waals surface area contributed by atoms with E-state index in [1.807, 2.05) is 36.7 Å². The summed E-state index contributed by atoms with van der Waals surface area (Å²) >= 11 is 0. The van der Waals surface area contributed by atoms with Gasteiger partial charge in [-0.2, -0.15) is 5.10 Å². The fraction of sp³-hybridized carbons (Fsp3) is 0.312. The van der Waals surface area contributed by atoms with Gasteiger partial charge in [0, 0.05) is 30.6 Å². The summed E-state index contributed by atoms with van der Waals surface area (Å²) in [6, 6.07) is 5.77. The second-order valence-corrected chi connectivity index (χ2v) is 5.40. The van der Waals surface area contributed by atoms with Crippen molar-refractivity contribution in [2.45, 2.75) is 26.3 Å². The van der Waals surface area contributed by atoms with Gasteiger partial charge in [0.25, 0.3) is 5.91 Å². The maximum Gasteiger partial charge on any atom is 0.252 e. The first-order valence-corrected chi connectivity index (χ1v) is 7.29. The summed E-state index contributed by atoms with van der Waals surface area (Å²) in [4.78, 5) is 16.5. The number of fused-ring (bicyclic) bond motifs is 1. The van der Waals surface area contributed by atoms with Gasteiger partial charge < -0.3 is 9.73 Å². The van der Waals surface area contributed by atoms with Crippen LogP contribution < -0.4 is 5.32 Å². The fourth-order valence-corrected chi connectivity index (χ4v) is 2.30. The Labute approximate surface area is 128 Å². The summed E-state index contributed by atoms with van der Waals surface area (Å²) in [5.41, 5.74) is 1.33. The zero-order valence-corrected chi connectivity index (χ0v) is 12.6. The van der Waals surface area contributed by atoms with Crippen molar-refractivity contribution in [3.05, 3.63) is 48.2 Å². The van der Waals surface area contributed by atoms with Crippen LogP contribution in [0.4, 0.5) is 0 Å². The minimum atomic E-state index is -0.141. The summed E-state index contributed by atoms with van der Waals surface area (Å²) < 4.78 is 7.07. The molecule has 3 rings (SSSR count). The summed E-state index contributed by atoms with van der Waals surface area (Å²) in [6.45, 7) is 4.61. The molecule has 0 aliphatic carbocycles. The van der Waals surface area contributed by atoms with Crippen molar-refractivity contribution in [2.24, 2.45) is 0 Å². The molecule has 0 bridgehead atoms. The number of rotatable bonds is 5. The zero-order valence-electron chi connectivity index (χ0n) is 12.6. The minimum absolute atomic E-state index is 0.141. The van der Waals surface area contributed by atoms with Gasteiger partial charge in [0.1, 0.15) is 5.76 Å². The molecule has 22 heavy (non-hydrogen) atoms. The predicted octanol–water partition coefficient (Wildman–Crippen LogP) is 2.58. The number of carbonyl (C=O) groups excluding carboxylic acids is 1. The van der Waals surface area contributed by atoms with Crippen molar-refractivity contribution in [1.82, 2.24) is 20.1 Å². The molecule has 0 saturated carbocycles. The highest BCUT2D eigenvalue weighted by Crippen LogP contribution is 2.16.